The van der Waals surface area contributed by atoms with Crippen LogP contribution in [0.25, 0.3) is 0 Å². The molecule has 0 fully saturated rings. The third-order valence-corrected chi connectivity index (χ3v) is 2.00. The summed E-state index contributed by atoms with van der Waals surface area (Å²) < 4.78 is 0. The number of hydrogen-bond acceptors (Lipinski definition) is 4. The highest BCUT2D eigenvalue weighted by Gasteiger charge is 2.08. The number of carbonyl (C=O) groups excluding carboxylic acids is 1. The van der Waals surface area contributed by atoms with E-state index in [-0.39, 0.29) is 17.5 Å². The van der Waals surface area contributed by atoms with E-state index in [1.807, 2.05) is 27.7 Å². The smallest absolute Gasteiger partial charge is 0.253 e. The van der Waals surface area contributed by atoms with Gasteiger partial charge in [0, 0.05) is 18.8 Å². The van der Waals surface area contributed by atoms with Crippen LogP contribution in [0, 0.1) is 17.2 Å². The molecule has 6 N–H and O–H groups in total. The van der Waals surface area contributed by atoms with Crippen molar-refractivity contribution in [1.82, 2.24) is 5.32 Å². The quantitative estimate of drug-likeness (QED) is 0.323. The maximum atomic E-state index is 10.8. The lowest BCUT2D eigenvalue weighted by molar-refractivity contribution is -0.114. The third-order valence-electron chi connectivity index (χ3n) is 2.00. The van der Waals surface area contributed by atoms with E-state index in [2.05, 4.69) is 11.9 Å². The zero-order valence-corrected chi connectivity index (χ0v) is 11.7. The van der Waals surface area contributed by atoms with Gasteiger partial charge in [0.2, 0.25) is 0 Å². The van der Waals surface area contributed by atoms with Crippen LogP contribution in [0.4, 0.5) is 0 Å². The predicted octanol–water partition coefficient (Wildman–Crippen LogP) is 1.24. The van der Waals surface area contributed by atoms with Crippen molar-refractivity contribution in [3.8, 4) is 6.57 Å². The Kier molecular flexibility index (Phi) is 17.7. The number of amidine groups is 1. The highest BCUT2D eigenvalue weighted by molar-refractivity contribution is 6.18. The molecule has 0 bridgehead atoms. The first kappa shape index (κ1) is 21.3. The number of nitrogens with zero attached hydrogens (tertiary/aromatic N) is 1. The topological polar surface area (TPSA) is 129 Å². The van der Waals surface area contributed by atoms with Crippen molar-refractivity contribution < 1.29 is 4.79 Å². The van der Waals surface area contributed by atoms with E-state index < -0.39 is 5.91 Å². The number of hydrogen-bond donors (Lipinski definition) is 4. The first-order valence-corrected chi connectivity index (χ1v) is 5.89. The summed E-state index contributed by atoms with van der Waals surface area (Å²) in [5.74, 6) is -0.994. The van der Waals surface area contributed by atoms with Crippen molar-refractivity contribution in [3.63, 3.8) is 0 Å². The molecule has 0 heterocycles. The molecule has 104 valence electrons. The molecule has 0 saturated carbocycles. The van der Waals surface area contributed by atoms with Gasteiger partial charge in [0.05, 0.1) is 5.57 Å². The van der Waals surface area contributed by atoms with Crippen LogP contribution in [-0.4, -0.2) is 17.8 Å². The third kappa shape index (κ3) is 10.5. The first-order valence-electron chi connectivity index (χ1n) is 5.89. The molecule has 6 nitrogen and oxygen atoms in total. The summed E-state index contributed by atoms with van der Waals surface area (Å²) in [5.41, 5.74) is 10.2. The molecule has 0 aliphatic heterocycles. The second kappa shape index (κ2) is 15.0. The van der Waals surface area contributed by atoms with Crippen molar-refractivity contribution in [2.45, 2.75) is 46.6 Å². The first-order chi connectivity index (χ1) is 8.52. The van der Waals surface area contributed by atoms with E-state index in [9.17, 15) is 4.79 Å². The van der Waals surface area contributed by atoms with Gasteiger partial charge in [-0.25, -0.2) is 5.26 Å². The number of amides is 1. The van der Waals surface area contributed by atoms with Crippen LogP contribution >= 0.6 is 0 Å². The molecule has 0 rings (SSSR count). The number of nitrogens with two attached hydrogens (primary N) is 2. The Bertz CT molecular complexity index is 263. The average Bonchev–Trinajstić information content (AvgIpc) is 2.38. The second-order valence-electron chi connectivity index (χ2n) is 3.02. The lowest BCUT2D eigenvalue weighted by Gasteiger charge is -2.13. The molecular weight excluding hydrogens is 230 g/mol. The van der Waals surface area contributed by atoms with Crippen molar-refractivity contribution in [2.24, 2.45) is 11.5 Å². The van der Waals surface area contributed by atoms with E-state index >= 15 is 0 Å². The summed E-state index contributed by atoms with van der Waals surface area (Å²) in [6, 6.07) is 0.281. The fourth-order valence-electron chi connectivity index (χ4n) is 1.01. The molecule has 0 spiro atoms. The minimum Gasteiger partial charge on any atom is -0.387 e. The molecule has 0 radical (unpaired) electrons. The second-order valence-corrected chi connectivity index (χ2v) is 3.02. The predicted molar refractivity (Wildman–Crippen MR) is 74.7 cm³/mol. The highest BCUT2D eigenvalue weighted by atomic mass is 16.1. The van der Waals surface area contributed by atoms with Crippen LogP contribution < -0.4 is 16.8 Å². The lowest BCUT2D eigenvalue weighted by atomic mass is 10.1. The Morgan fingerprint density at radius 1 is 1.33 bits per heavy atom. The largest absolute Gasteiger partial charge is 0.387 e. The molecule has 1 amide bonds. The Morgan fingerprint density at radius 3 is 1.94 bits per heavy atom. The normalized spacial score (nSPS) is 9.39. The highest BCUT2D eigenvalue weighted by Crippen LogP contribution is 1.97. The van der Waals surface area contributed by atoms with Crippen molar-refractivity contribution in [3.05, 3.63) is 11.8 Å². The van der Waals surface area contributed by atoms with Crippen molar-refractivity contribution in [1.29, 1.82) is 10.7 Å². The molecule has 0 unspecified atom stereocenters. The van der Waals surface area contributed by atoms with Crippen LogP contribution in [0.3, 0.4) is 0 Å². The molecule has 18 heavy (non-hydrogen) atoms. The fourth-order valence-corrected chi connectivity index (χ4v) is 1.01. The van der Waals surface area contributed by atoms with Gasteiger partial charge in [0.1, 0.15) is 5.84 Å². The van der Waals surface area contributed by atoms with E-state index in [1.165, 1.54) is 6.20 Å². The molecule has 0 saturated heterocycles. The van der Waals surface area contributed by atoms with Gasteiger partial charge in [-0.15, -0.1) is 0 Å². The van der Waals surface area contributed by atoms with Crippen LogP contribution in [0.1, 0.15) is 40.5 Å². The van der Waals surface area contributed by atoms with Gasteiger partial charge >= 0.3 is 0 Å². The van der Waals surface area contributed by atoms with Gasteiger partial charge in [-0.2, -0.15) is 0 Å². The molecule has 0 aliphatic carbocycles. The Labute approximate surface area is 110 Å². The maximum Gasteiger partial charge on any atom is 0.253 e. The Hall–Kier alpha value is -2.03. The minimum atomic E-state index is -0.684. The number of primary amides is 1. The Morgan fingerprint density at radius 2 is 1.72 bits per heavy atom. The van der Waals surface area contributed by atoms with Gasteiger partial charge in [0.25, 0.3) is 5.91 Å². The van der Waals surface area contributed by atoms with Gasteiger partial charge in [-0.05, 0) is 12.8 Å². The zero-order chi connectivity index (χ0) is 15.1. The summed E-state index contributed by atoms with van der Waals surface area (Å²) in [6.45, 7) is 11.6. The average molecular weight is 255 g/mol. The molecule has 0 aromatic rings. The molecule has 6 heteroatoms. The number of nitriles is 1. The maximum absolute atomic E-state index is 10.8. The van der Waals surface area contributed by atoms with Gasteiger partial charge in [-0.3, -0.25) is 10.2 Å². The summed E-state index contributed by atoms with van der Waals surface area (Å²) in [7, 11) is 0. The molecule has 0 aromatic heterocycles. The fraction of sp³-hybridized carbons (Fsp3) is 0.583. The molecule has 0 aliphatic rings. The van der Waals surface area contributed by atoms with E-state index in [4.69, 9.17) is 22.1 Å². The molecular formula is C12H25N5O. The van der Waals surface area contributed by atoms with Crippen molar-refractivity contribution in [2.75, 3.05) is 0 Å². The monoisotopic (exact) mass is 255 g/mol. The summed E-state index contributed by atoms with van der Waals surface area (Å²) >= 11 is 0. The summed E-state index contributed by atoms with van der Waals surface area (Å²) in [5, 5.41) is 16.6. The van der Waals surface area contributed by atoms with Crippen LogP contribution in [0.5, 0.6) is 0 Å². The van der Waals surface area contributed by atoms with Crippen molar-refractivity contribution >= 4 is 11.7 Å². The Balaban J connectivity index is -0.000000506. The number of rotatable bonds is 6. The van der Waals surface area contributed by atoms with E-state index in [0.717, 1.165) is 12.8 Å². The van der Waals surface area contributed by atoms with Crippen LogP contribution in [0.2, 0.25) is 0 Å². The zero-order valence-electron chi connectivity index (χ0n) is 11.7. The van der Waals surface area contributed by atoms with Crippen LogP contribution in [-0.2, 0) is 4.79 Å². The van der Waals surface area contributed by atoms with Gasteiger partial charge in [-0.1, -0.05) is 27.7 Å². The number of carbonyl (C=O) groups is 1. The molecule has 0 aromatic carbocycles. The molecule has 0 atom stereocenters. The van der Waals surface area contributed by atoms with Gasteiger partial charge < -0.3 is 16.8 Å². The van der Waals surface area contributed by atoms with E-state index in [0.29, 0.717) is 0 Å². The lowest BCUT2D eigenvalue weighted by Crippen LogP contribution is -2.30. The van der Waals surface area contributed by atoms with Gasteiger partial charge in [0.15, 0.2) is 0 Å². The summed E-state index contributed by atoms with van der Waals surface area (Å²) in [4.78, 5) is 10.8. The minimum absolute atomic E-state index is 0.0249. The summed E-state index contributed by atoms with van der Waals surface area (Å²) in [6.07, 6.45) is 3.30. The standard InChI is InChI=1S/C9H18N4O.C2H6.CHN/c1-3-6(4-2)13-5-7(8(10)11)9(12)14;2*1-2/h5-6,13H,3-4H2,1-2H3,(H3,10,11)(H2,12,14);1-2H3;1H/b7-5+;;. The number of nitrogens with one attached hydrogen (secondary N) is 2. The van der Waals surface area contributed by atoms with E-state index in [1.54, 1.807) is 0 Å². The van der Waals surface area contributed by atoms with Crippen LogP contribution in [0.15, 0.2) is 11.8 Å². The SMILES string of the molecule is C#N.CC.CCC(CC)N/C=C(\C(=N)N)C(N)=O.